The van der Waals surface area contributed by atoms with E-state index in [1.807, 2.05) is 31.2 Å². The monoisotopic (exact) mass is 537 g/mol. The summed E-state index contributed by atoms with van der Waals surface area (Å²) in [6.07, 6.45) is 5.11. The Labute approximate surface area is 195 Å². The average Bonchev–Trinajstić information content (AvgIpc) is 2.73. The summed E-state index contributed by atoms with van der Waals surface area (Å²) in [4.78, 5) is 4.68. The minimum Gasteiger partial charge on any atom is -0.497 e. The van der Waals surface area contributed by atoms with Gasteiger partial charge in [0.2, 0.25) is 0 Å². The number of methoxy groups -OCH3 is 1. The van der Waals surface area contributed by atoms with Gasteiger partial charge in [0.25, 0.3) is 0 Å². The lowest BCUT2D eigenvalue weighted by Crippen LogP contribution is -2.46. The van der Waals surface area contributed by atoms with Crippen molar-refractivity contribution in [3.8, 4) is 11.5 Å². The molecule has 0 aromatic heterocycles. The fourth-order valence-electron chi connectivity index (χ4n) is 3.40. The molecule has 29 heavy (non-hydrogen) atoms. The molecule has 1 fully saturated rings. The highest BCUT2D eigenvalue weighted by atomic mass is 127. The fraction of sp³-hybridized carbons (Fsp3) is 0.667. The first-order valence-corrected chi connectivity index (χ1v) is 11.7. The third-order valence-electron chi connectivity index (χ3n) is 4.85. The standard InChI is InChI=1S/C21H35N3O3S.HI/c1-4-22-21(24-17-9-6-12-20(15-17)28(25)5-2)23-13-8-14-27-19-11-7-10-18(16-19)26-3;/h7,10-11,16-17,20H,4-6,8-9,12-15H2,1-3H3,(H2,22,23,24);1H. The highest BCUT2D eigenvalue weighted by Gasteiger charge is 2.25. The largest absolute Gasteiger partial charge is 0.497 e. The van der Waals surface area contributed by atoms with Gasteiger partial charge in [0.1, 0.15) is 11.5 Å². The van der Waals surface area contributed by atoms with Crippen molar-refractivity contribution >= 4 is 40.7 Å². The summed E-state index contributed by atoms with van der Waals surface area (Å²) in [7, 11) is 0.943. The molecule has 0 saturated heterocycles. The van der Waals surface area contributed by atoms with Crippen LogP contribution >= 0.6 is 24.0 Å². The predicted molar refractivity (Wildman–Crippen MR) is 132 cm³/mol. The van der Waals surface area contributed by atoms with Gasteiger partial charge >= 0.3 is 0 Å². The number of ether oxygens (including phenoxy) is 2. The number of hydrogen-bond acceptors (Lipinski definition) is 4. The molecule has 166 valence electrons. The third kappa shape index (κ3) is 9.55. The van der Waals surface area contributed by atoms with E-state index in [2.05, 4.69) is 22.5 Å². The number of hydrogen-bond donors (Lipinski definition) is 2. The summed E-state index contributed by atoms with van der Waals surface area (Å²) >= 11 is 0. The zero-order valence-electron chi connectivity index (χ0n) is 17.8. The van der Waals surface area contributed by atoms with Crippen LogP contribution in [0.3, 0.4) is 0 Å². The maximum atomic E-state index is 12.1. The summed E-state index contributed by atoms with van der Waals surface area (Å²) in [5.74, 6) is 3.20. The molecule has 1 saturated carbocycles. The van der Waals surface area contributed by atoms with Crippen LogP contribution in [0.4, 0.5) is 0 Å². The van der Waals surface area contributed by atoms with Crippen LogP contribution in [0, 0.1) is 0 Å². The van der Waals surface area contributed by atoms with Gasteiger partial charge in [-0.05, 0) is 38.3 Å². The summed E-state index contributed by atoms with van der Waals surface area (Å²) in [5.41, 5.74) is 0. The highest BCUT2D eigenvalue weighted by Crippen LogP contribution is 2.23. The number of rotatable bonds is 10. The van der Waals surface area contributed by atoms with E-state index in [1.165, 1.54) is 0 Å². The second-order valence-electron chi connectivity index (χ2n) is 6.94. The van der Waals surface area contributed by atoms with Crippen molar-refractivity contribution in [1.29, 1.82) is 0 Å². The van der Waals surface area contributed by atoms with E-state index in [0.29, 0.717) is 24.4 Å². The SMILES string of the molecule is CCNC(=NCCCOc1cccc(OC)c1)NC1CCCC(S(=O)CC)C1.I. The first-order chi connectivity index (χ1) is 13.7. The first-order valence-electron chi connectivity index (χ1n) is 10.3. The zero-order valence-corrected chi connectivity index (χ0v) is 21.0. The van der Waals surface area contributed by atoms with Gasteiger partial charge in [0.05, 0.1) is 13.7 Å². The molecule has 8 heteroatoms. The lowest BCUT2D eigenvalue weighted by atomic mass is 9.95. The molecule has 0 amide bonds. The Balaban J connectivity index is 0.00000420. The van der Waals surface area contributed by atoms with Crippen molar-refractivity contribution < 1.29 is 13.7 Å². The van der Waals surface area contributed by atoms with Crippen molar-refractivity contribution in [1.82, 2.24) is 10.6 Å². The van der Waals surface area contributed by atoms with Crippen molar-refractivity contribution in [2.45, 2.75) is 57.2 Å². The lowest BCUT2D eigenvalue weighted by molar-refractivity contribution is 0.311. The summed E-state index contributed by atoms with van der Waals surface area (Å²) in [6, 6.07) is 7.98. The molecule has 2 rings (SSSR count). The summed E-state index contributed by atoms with van der Waals surface area (Å²) < 4.78 is 23.1. The maximum Gasteiger partial charge on any atom is 0.191 e. The smallest absolute Gasteiger partial charge is 0.191 e. The Bertz CT molecular complexity index is 645. The molecule has 6 nitrogen and oxygen atoms in total. The molecular weight excluding hydrogens is 501 g/mol. The van der Waals surface area contributed by atoms with Crippen LogP contribution in [0.2, 0.25) is 0 Å². The predicted octanol–water partition coefficient (Wildman–Crippen LogP) is 3.72. The minimum atomic E-state index is -0.707. The number of guanidine groups is 1. The second-order valence-corrected chi connectivity index (χ2v) is 8.95. The highest BCUT2D eigenvalue weighted by molar-refractivity contribution is 14.0. The van der Waals surface area contributed by atoms with Crippen LogP contribution in [0.15, 0.2) is 29.3 Å². The van der Waals surface area contributed by atoms with Gasteiger partial charge in [-0.25, -0.2) is 0 Å². The Hall–Kier alpha value is -1.03. The van der Waals surface area contributed by atoms with E-state index < -0.39 is 10.8 Å². The van der Waals surface area contributed by atoms with Gasteiger partial charge in [-0.1, -0.05) is 19.4 Å². The molecule has 0 spiro atoms. The fourth-order valence-corrected chi connectivity index (χ4v) is 4.75. The quantitative estimate of drug-likeness (QED) is 0.206. The van der Waals surface area contributed by atoms with Gasteiger partial charge in [0.15, 0.2) is 5.96 Å². The molecule has 0 aliphatic heterocycles. The Morgan fingerprint density at radius 3 is 2.79 bits per heavy atom. The second kappa shape index (κ2) is 14.9. The van der Waals surface area contributed by atoms with Crippen LogP contribution in [0.1, 0.15) is 46.0 Å². The molecule has 0 heterocycles. The van der Waals surface area contributed by atoms with Crippen LogP contribution in [0.25, 0.3) is 0 Å². The average molecular weight is 538 g/mol. The van der Waals surface area contributed by atoms with E-state index in [1.54, 1.807) is 7.11 Å². The van der Waals surface area contributed by atoms with Crippen LogP contribution < -0.4 is 20.1 Å². The molecule has 3 atom stereocenters. The molecule has 2 N–H and O–H groups in total. The number of benzene rings is 1. The van der Waals surface area contributed by atoms with Crippen LogP contribution in [0.5, 0.6) is 11.5 Å². The summed E-state index contributed by atoms with van der Waals surface area (Å²) in [5, 5.41) is 7.17. The normalized spacial score (nSPS) is 20.3. The van der Waals surface area contributed by atoms with Gasteiger partial charge in [-0.15, -0.1) is 24.0 Å². The van der Waals surface area contributed by atoms with Crippen LogP contribution in [-0.4, -0.2) is 54.0 Å². The Morgan fingerprint density at radius 1 is 1.28 bits per heavy atom. The molecule has 1 aromatic carbocycles. The molecular formula is C21H36IN3O3S. The van der Waals surface area contributed by atoms with Crippen LogP contribution in [-0.2, 0) is 10.8 Å². The number of aliphatic imine (C=N–C) groups is 1. The van der Waals surface area contributed by atoms with Gasteiger partial charge in [0, 0.05) is 53.4 Å². The van der Waals surface area contributed by atoms with E-state index in [-0.39, 0.29) is 24.0 Å². The van der Waals surface area contributed by atoms with Gasteiger partial charge in [-0.2, -0.15) is 0 Å². The van der Waals surface area contributed by atoms with Crippen molar-refractivity contribution in [3.63, 3.8) is 0 Å². The third-order valence-corrected chi connectivity index (χ3v) is 6.59. The van der Waals surface area contributed by atoms with Crippen molar-refractivity contribution in [2.24, 2.45) is 4.99 Å². The lowest BCUT2D eigenvalue weighted by Gasteiger charge is -2.30. The number of nitrogens with zero attached hydrogens (tertiary/aromatic N) is 1. The molecule has 3 unspecified atom stereocenters. The zero-order chi connectivity index (χ0) is 20.2. The molecule has 0 radical (unpaired) electrons. The number of halogens is 1. The van der Waals surface area contributed by atoms with E-state index in [9.17, 15) is 4.21 Å². The van der Waals surface area contributed by atoms with Crippen molar-refractivity contribution in [3.05, 3.63) is 24.3 Å². The number of nitrogens with one attached hydrogen (secondary N) is 2. The van der Waals surface area contributed by atoms with Gasteiger partial charge in [-0.3, -0.25) is 9.20 Å². The Kier molecular flexibility index (Phi) is 13.3. The van der Waals surface area contributed by atoms with E-state index in [0.717, 1.165) is 61.9 Å². The minimum absolute atomic E-state index is 0. The maximum absolute atomic E-state index is 12.1. The van der Waals surface area contributed by atoms with Gasteiger partial charge < -0.3 is 20.1 Å². The summed E-state index contributed by atoms with van der Waals surface area (Å²) in [6.45, 7) is 6.20. The first kappa shape index (κ1) is 26.0. The van der Waals surface area contributed by atoms with Crippen molar-refractivity contribution in [2.75, 3.05) is 32.6 Å². The Morgan fingerprint density at radius 2 is 2.07 bits per heavy atom. The molecule has 1 aromatic rings. The molecule has 1 aliphatic rings. The van der Waals surface area contributed by atoms with E-state index in [4.69, 9.17) is 9.47 Å². The van der Waals surface area contributed by atoms with E-state index >= 15 is 0 Å². The molecule has 0 bridgehead atoms. The topological polar surface area (TPSA) is 72.0 Å². The molecule has 1 aliphatic carbocycles.